The molecular weight excluding hydrogens is 262 g/mol. The van der Waals surface area contributed by atoms with Crippen molar-refractivity contribution < 1.29 is 0 Å². The zero-order chi connectivity index (χ0) is 15.0. The normalized spacial score (nSPS) is 12.0. The summed E-state index contributed by atoms with van der Waals surface area (Å²) in [5.41, 5.74) is 8.76. The van der Waals surface area contributed by atoms with Gasteiger partial charge in [-0.05, 0) is 12.1 Å². The predicted molar refractivity (Wildman–Crippen MR) is 84.0 cm³/mol. The summed E-state index contributed by atoms with van der Waals surface area (Å²) in [4.78, 5) is 16.8. The molecule has 0 bridgehead atoms. The largest absolute Gasteiger partial charge is 0.384 e. The first kappa shape index (κ1) is 13.5. The third-order valence-electron chi connectivity index (χ3n) is 3.32. The van der Waals surface area contributed by atoms with Gasteiger partial charge in [-0.1, -0.05) is 32.9 Å². The fourth-order valence-electron chi connectivity index (χ4n) is 2.22. The van der Waals surface area contributed by atoms with Crippen molar-refractivity contribution >= 4 is 16.9 Å². The van der Waals surface area contributed by atoms with Crippen molar-refractivity contribution in [2.75, 3.05) is 5.73 Å². The molecule has 3 N–H and O–H groups in total. The number of nitrogens with one attached hydrogen (secondary N) is 1. The summed E-state index contributed by atoms with van der Waals surface area (Å²) in [6.07, 6.45) is 0.544. The minimum Gasteiger partial charge on any atom is -0.384 e. The molecule has 0 saturated carbocycles. The average Bonchev–Trinajstić information content (AvgIpc) is 2.79. The molecule has 0 fully saturated rings. The summed E-state index contributed by atoms with van der Waals surface area (Å²) in [6, 6.07) is 9.78. The molecule has 0 radical (unpaired) electrons. The molecule has 0 aliphatic carbocycles. The second-order valence-electron chi connectivity index (χ2n) is 6.22. The maximum absolute atomic E-state index is 5.90. The lowest BCUT2D eigenvalue weighted by molar-refractivity contribution is 0.563. The van der Waals surface area contributed by atoms with Gasteiger partial charge in [-0.2, -0.15) is 0 Å². The molecule has 108 valence electrons. The number of nitrogen functional groups attached to an aromatic ring is 1. The van der Waals surface area contributed by atoms with Gasteiger partial charge in [0.25, 0.3) is 0 Å². The van der Waals surface area contributed by atoms with E-state index in [2.05, 4.69) is 40.7 Å². The molecule has 5 nitrogen and oxygen atoms in total. The van der Waals surface area contributed by atoms with Crippen molar-refractivity contribution in [1.82, 2.24) is 19.9 Å². The average molecular weight is 281 g/mol. The van der Waals surface area contributed by atoms with Gasteiger partial charge >= 0.3 is 0 Å². The van der Waals surface area contributed by atoms with E-state index in [4.69, 9.17) is 5.73 Å². The van der Waals surface area contributed by atoms with E-state index in [-0.39, 0.29) is 5.41 Å². The van der Waals surface area contributed by atoms with Crippen LogP contribution in [0.3, 0.4) is 0 Å². The molecule has 0 amide bonds. The van der Waals surface area contributed by atoms with Gasteiger partial charge < -0.3 is 10.7 Å². The van der Waals surface area contributed by atoms with Crippen LogP contribution in [0.15, 0.2) is 30.3 Å². The van der Waals surface area contributed by atoms with E-state index < -0.39 is 0 Å². The Hall–Kier alpha value is -2.43. The van der Waals surface area contributed by atoms with Crippen molar-refractivity contribution in [1.29, 1.82) is 0 Å². The van der Waals surface area contributed by atoms with Crippen LogP contribution in [-0.4, -0.2) is 19.9 Å². The van der Waals surface area contributed by atoms with Gasteiger partial charge in [-0.3, -0.25) is 0 Å². The highest BCUT2D eigenvalue weighted by atomic mass is 15.0. The molecule has 0 unspecified atom stereocenters. The van der Waals surface area contributed by atoms with Crippen LogP contribution in [0.2, 0.25) is 0 Å². The number of hydrogen-bond donors (Lipinski definition) is 2. The van der Waals surface area contributed by atoms with Crippen molar-refractivity contribution in [3.63, 3.8) is 0 Å². The highest BCUT2D eigenvalue weighted by Gasteiger charge is 2.18. The first-order valence-corrected chi connectivity index (χ1v) is 6.99. The van der Waals surface area contributed by atoms with Crippen LogP contribution >= 0.6 is 0 Å². The lowest BCUT2D eigenvalue weighted by Gasteiger charge is -2.18. The Kier molecular flexibility index (Phi) is 3.12. The van der Waals surface area contributed by atoms with E-state index in [0.29, 0.717) is 18.1 Å². The van der Waals surface area contributed by atoms with Gasteiger partial charge in [0.15, 0.2) is 0 Å². The molecule has 3 aromatic rings. The topological polar surface area (TPSA) is 80.5 Å². The number of imidazole rings is 1. The van der Waals surface area contributed by atoms with Crippen molar-refractivity contribution in [3.8, 4) is 0 Å². The molecule has 21 heavy (non-hydrogen) atoms. The number of fused-ring (bicyclic) bond motifs is 1. The van der Waals surface area contributed by atoms with Crippen LogP contribution in [0.5, 0.6) is 0 Å². The summed E-state index contributed by atoms with van der Waals surface area (Å²) in [5, 5.41) is 0. The number of nitrogens with zero attached hydrogens (tertiary/aromatic N) is 3. The van der Waals surface area contributed by atoms with Crippen LogP contribution in [0.4, 0.5) is 5.82 Å². The second kappa shape index (κ2) is 4.84. The van der Waals surface area contributed by atoms with Crippen LogP contribution in [0.1, 0.15) is 38.1 Å². The summed E-state index contributed by atoms with van der Waals surface area (Å²) in [7, 11) is 0. The van der Waals surface area contributed by atoms with Crippen molar-refractivity contribution in [2.24, 2.45) is 0 Å². The fraction of sp³-hybridized carbons (Fsp3) is 0.312. The van der Waals surface area contributed by atoms with Crippen LogP contribution in [-0.2, 0) is 11.8 Å². The van der Waals surface area contributed by atoms with Crippen molar-refractivity contribution in [3.05, 3.63) is 47.7 Å². The summed E-state index contributed by atoms with van der Waals surface area (Å²) in [6.45, 7) is 6.33. The van der Waals surface area contributed by atoms with E-state index in [1.807, 2.05) is 30.3 Å². The summed E-state index contributed by atoms with van der Waals surface area (Å²) in [5.74, 6) is 2.04. The molecule has 0 aliphatic heterocycles. The molecule has 2 heterocycles. The Morgan fingerprint density at radius 3 is 2.57 bits per heavy atom. The number of rotatable bonds is 2. The third kappa shape index (κ3) is 2.86. The highest BCUT2D eigenvalue weighted by molar-refractivity contribution is 5.74. The van der Waals surface area contributed by atoms with Gasteiger partial charge in [-0.15, -0.1) is 0 Å². The molecule has 5 heteroatoms. The zero-order valence-corrected chi connectivity index (χ0v) is 12.5. The number of aromatic amines is 1. The first-order valence-electron chi connectivity index (χ1n) is 6.99. The lowest BCUT2D eigenvalue weighted by atomic mass is 9.92. The van der Waals surface area contributed by atoms with Crippen LogP contribution in [0, 0.1) is 0 Å². The number of para-hydroxylation sites is 2. The number of anilines is 1. The second-order valence-corrected chi connectivity index (χ2v) is 6.22. The minimum atomic E-state index is -0.0559. The standard InChI is InChI=1S/C16H19N5/c1-16(2,3)12-8-13(17)21-15(20-12)9-14-18-10-6-4-5-7-11(10)19-14/h4-8H,9H2,1-3H3,(H,18,19)(H2,17,20,21). The molecule has 0 atom stereocenters. The minimum absolute atomic E-state index is 0.0559. The number of nitrogens with two attached hydrogens (primary N) is 1. The monoisotopic (exact) mass is 281 g/mol. The Bertz CT molecular complexity index is 750. The Balaban J connectivity index is 1.95. The highest BCUT2D eigenvalue weighted by Crippen LogP contribution is 2.22. The van der Waals surface area contributed by atoms with Gasteiger partial charge in [0.05, 0.1) is 23.1 Å². The van der Waals surface area contributed by atoms with E-state index in [1.54, 1.807) is 0 Å². The first-order chi connectivity index (χ1) is 9.91. The molecule has 1 aromatic carbocycles. The number of H-pyrrole nitrogens is 1. The molecule has 0 spiro atoms. The van der Waals surface area contributed by atoms with E-state index in [9.17, 15) is 0 Å². The van der Waals surface area contributed by atoms with E-state index >= 15 is 0 Å². The summed E-state index contributed by atoms with van der Waals surface area (Å²) >= 11 is 0. The van der Waals surface area contributed by atoms with Gasteiger partial charge in [0, 0.05) is 11.5 Å². The SMILES string of the molecule is CC(C)(C)c1cc(N)nc(Cc2nc3ccccc3[nH]2)n1. The fourth-order valence-corrected chi connectivity index (χ4v) is 2.22. The number of aromatic nitrogens is 4. The summed E-state index contributed by atoms with van der Waals surface area (Å²) < 4.78 is 0. The predicted octanol–water partition coefficient (Wildman–Crippen LogP) is 2.82. The molecule has 3 rings (SSSR count). The molecular formula is C16H19N5. The lowest BCUT2D eigenvalue weighted by Crippen LogP contribution is -2.16. The van der Waals surface area contributed by atoms with Crippen molar-refractivity contribution in [2.45, 2.75) is 32.6 Å². The Morgan fingerprint density at radius 2 is 1.86 bits per heavy atom. The third-order valence-corrected chi connectivity index (χ3v) is 3.32. The number of benzene rings is 1. The zero-order valence-electron chi connectivity index (χ0n) is 12.5. The smallest absolute Gasteiger partial charge is 0.138 e. The Morgan fingerprint density at radius 1 is 1.10 bits per heavy atom. The van der Waals surface area contributed by atoms with Gasteiger partial charge in [0.1, 0.15) is 17.5 Å². The van der Waals surface area contributed by atoms with Crippen LogP contribution in [0.25, 0.3) is 11.0 Å². The molecule has 0 saturated heterocycles. The maximum atomic E-state index is 5.90. The quantitative estimate of drug-likeness (QED) is 0.757. The van der Waals surface area contributed by atoms with E-state index in [0.717, 1.165) is 22.6 Å². The molecule has 2 aromatic heterocycles. The van der Waals surface area contributed by atoms with E-state index in [1.165, 1.54) is 0 Å². The maximum Gasteiger partial charge on any atom is 0.138 e. The van der Waals surface area contributed by atoms with Crippen LogP contribution < -0.4 is 5.73 Å². The van der Waals surface area contributed by atoms with Gasteiger partial charge in [0.2, 0.25) is 0 Å². The Labute approximate surface area is 123 Å². The molecule has 0 aliphatic rings. The number of hydrogen-bond acceptors (Lipinski definition) is 4. The van der Waals surface area contributed by atoms with Gasteiger partial charge in [-0.25, -0.2) is 15.0 Å².